The highest BCUT2D eigenvalue weighted by atomic mass is 32.2. The summed E-state index contributed by atoms with van der Waals surface area (Å²) in [6.45, 7) is 2.07. The van der Waals surface area contributed by atoms with Crippen molar-refractivity contribution < 1.29 is 63.7 Å². The van der Waals surface area contributed by atoms with E-state index < -0.39 is 63.8 Å². The van der Waals surface area contributed by atoms with Crippen LogP contribution in [0.5, 0.6) is 11.8 Å². The van der Waals surface area contributed by atoms with Crippen LogP contribution in [0.2, 0.25) is 0 Å². The van der Waals surface area contributed by atoms with Crippen molar-refractivity contribution in [3.05, 3.63) is 150 Å². The number of aryl methyl sites for hydroxylation is 5. The molecule has 6 atom stereocenters. The molecule has 9 aliphatic carbocycles. The van der Waals surface area contributed by atoms with E-state index in [1.807, 2.05) is 0 Å². The average Bonchev–Trinajstić information content (AvgIpc) is 1.65. The van der Waals surface area contributed by atoms with Gasteiger partial charge in [0.15, 0.2) is 39.7 Å². The van der Waals surface area contributed by atoms with Gasteiger partial charge in [0, 0.05) is 63.0 Å². The van der Waals surface area contributed by atoms with Gasteiger partial charge in [-0.15, -0.1) is 0 Å². The second-order valence-corrected chi connectivity index (χ2v) is 38.1. The van der Waals surface area contributed by atoms with Crippen molar-refractivity contribution >= 4 is 86.5 Å². The second-order valence-electron chi connectivity index (χ2n) is 31.1. The Hall–Kier alpha value is -10.0. The Kier molecular flexibility index (Phi) is 21.9. The minimum Gasteiger partial charge on any atom is -0.474 e. The smallest absolute Gasteiger partial charge is 0.331 e. The molecule has 1 saturated carbocycles. The van der Waals surface area contributed by atoms with Crippen LogP contribution in [0.15, 0.2) is 68.9 Å². The van der Waals surface area contributed by atoms with Crippen LogP contribution in [0.1, 0.15) is 153 Å². The number of carbonyl (C=O) groups is 4. The molecule has 115 heavy (non-hydrogen) atoms. The van der Waals surface area contributed by atoms with E-state index in [0.717, 1.165) is 143 Å². The van der Waals surface area contributed by atoms with Crippen LogP contribution >= 0.6 is 0 Å². The summed E-state index contributed by atoms with van der Waals surface area (Å²) >= 11 is 0. The first-order chi connectivity index (χ1) is 55.2. The van der Waals surface area contributed by atoms with Crippen molar-refractivity contribution in [2.45, 2.75) is 218 Å². The zero-order valence-electron chi connectivity index (χ0n) is 64.1. The van der Waals surface area contributed by atoms with Crippen LogP contribution in [0.25, 0.3) is 0 Å². The Labute approximate surface area is 665 Å². The summed E-state index contributed by atoms with van der Waals surface area (Å²) < 4.78 is 151. The number of hydrogen-bond acceptors (Lipinski definition) is 20. The summed E-state index contributed by atoms with van der Waals surface area (Å²) in [5, 5.41) is 27.7. The Bertz CT molecular complexity index is 5440. The van der Waals surface area contributed by atoms with E-state index in [2.05, 4.69) is 72.7 Å². The molecule has 0 spiro atoms. The van der Waals surface area contributed by atoms with E-state index in [9.17, 15) is 44.8 Å². The molecule has 1 fully saturated rings. The summed E-state index contributed by atoms with van der Waals surface area (Å²) in [6.07, 6.45) is 31.6. The third-order valence-corrected chi connectivity index (χ3v) is 28.9. The predicted molar refractivity (Wildman–Crippen MR) is 422 cm³/mol. The Balaban J connectivity index is 0.000000116. The lowest BCUT2D eigenvalue weighted by Crippen LogP contribution is -2.35. The first-order valence-electron chi connectivity index (χ1n) is 39.2. The highest BCUT2D eigenvalue weighted by Gasteiger charge is 2.37. The number of nitrogens with one attached hydrogen (secondary N) is 12. The SMILES string of the molecule is CO[C@@H]1COc2c(S(=N)(=O)NC(=O)Nc3c4c(c(F)c5c3CCC5)CCC4)cnn2C1.CO[C@@H]1COc2c(S(=N)(=O)NC(=O)Nc3c4c(c(F)c5c3CCC5)CCC4)cnn2C1.Cn1cc(S(=N)(=O)NC(=O)Nc2c3c(cc4c2CCC4)CCC3)cn1.N=S(=O)(NC(=O)Nc1c2c(cc3c1CCC3)CCC2)c1cnn(CC2CC2)c1. The molecule has 8 amide bonds. The zero-order valence-corrected chi connectivity index (χ0v) is 67.4. The number of urea groups is 4. The molecular weight excluding hydrogens is 1560 g/mol. The third-order valence-electron chi connectivity index (χ3n) is 23.5. The number of hydrogen-bond donors (Lipinski definition) is 12. The van der Waals surface area contributed by atoms with Gasteiger partial charge < -0.3 is 40.2 Å². The molecule has 2 aliphatic heterocycles. The molecule has 0 radical (unpaired) electrons. The quantitative estimate of drug-likeness (QED) is 0.0427. The predicted octanol–water partition coefficient (Wildman–Crippen LogP) is 11.1. The number of nitrogens with zero attached hydrogens (tertiary/aromatic N) is 8. The molecule has 8 aromatic rings. The molecule has 11 aliphatic rings. The number of ether oxygens (including phenoxy) is 4. The van der Waals surface area contributed by atoms with E-state index in [1.54, 1.807) is 32.1 Å². The van der Waals surface area contributed by atoms with Crippen molar-refractivity contribution in [2.24, 2.45) is 13.0 Å². The van der Waals surface area contributed by atoms with E-state index in [-0.39, 0.29) is 68.4 Å². The highest BCUT2D eigenvalue weighted by molar-refractivity contribution is 7.92. The lowest BCUT2D eigenvalue weighted by Gasteiger charge is -2.23. The third kappa shape index (κ3) is 16.1. The molecule has 0 bridgehead atoms. The number of benzene rings is 4. The number of carbonyl (C=O) groups excluding carboxylic acids is 4. The van der Waals surface area contributed by atoms with E-state index in [1.165, 1.54) is 102 Å². The van der Waals surface area contributed by atoms with Gasteiger partial charge in [0.25, 0.3) is 0 Å². The number of aromatic nitrogens is 8. The Morgan fingerprint density at radius 1 is 0.435 bits per heavy atom. The molecule has 612 valence electrons. The van der Waals surface area contributed by atoms with Crippen molar-refractivity contribution in [3.8, 4) is 11.8 Å². The molecular formula is C77H94F2N20O12S4. The van der Waals surface area contributed by atoms with Gasteiger partial charge in [-0.05, 0) is 262 Å². The van der Waals surface area contributed by atoms with Crippen LogP contribution < -0.4 is 49.6 Å². The van der Waals surface area contributed by atoms with Gasteiger partial charge in [0.2, 0.25) is 11.8 Å². The van der Waals surface area contributed by atoms with Gasteiger partial charge in [-0.3, -0.25) is 9.36 Å². The second kappa shape index (κ2) is 31.9. The maximum absolute atomic E-state index is 14.8. The van der Waals surface area contributed by atoms with E-state index >= 15 is 0 Å². The molecule has 0 saturated heterocycles. The van der Waals surface area contributed by atoms with E-state index in [4.69, 9.17) is 38.1 Å². The first kappa shape index (κ1) is 78.8. The molecule has 38 heteroatoms. The highest BCUT2D eigenvalue weighted by Crippen LogP contribution is 2.45. The van der Waals surface area contributed by atoms with Gasteiger partial charge >= 0.3 is 24.1 Å². The number of anilines is 4. The summed E-state index contributed by atoms with van der Waals surface area (Å²) in [5.41, 5.74) is 19.1. The number of methoxy groups -OCH3 is 2. The summed E-state index contributed by atoms with van der Waals surface area (Å²) in [4.78, 5) is 51.1. The normalized spacial score (nSPS) is 19.9. The number of rotatable bonds is 16. The van der Waals surface area contributed by atoms with Crippen LogP contribution in [-0.2, 0) is 179 Å². The standard InChI is InChI=1S/2C20H24FN5O4S.C20H25N5O2S.C17H21N5O2S/c2*1-29-11-9-26-19(30-10-11)16(8-23-26)31(22,28)25-20(27)24-18-14-6-2-4-12(14)17(21)13-5-3-7-15(13)18;21-28(27,16-10-22-25(12-16)11-13-7-8-13)24-20(26)23-19-17-5-1-3-14(17)9-15-4-2-6-18(15)19;1-22-10-13(9-19-22)25(18,24)21-17(23)20-16-14-6-2-4-11(14)8-12-5-3-7-15(12)16/h2*8,11H,2-7,9-10H2,1H3,(H3,22,24,25,27,28);9-10,12-13H,1-8,11H2,(H3,21,23,24,26,27);8-10H,2-7H2,1H3,(H3,18,20,21,23,24)/t2*11-,31?;;/m00../s1. The lowest BCUT2D eigenvalue weighted by atomic mass is 9.98. The van der Waals surface area contributed by atoms with Crippen LogP contribution in [0.4, 0.5) is 50.7 Å². The fourth-order valence-electron chi connectivity index (χ4n) is 17.8. The lowest BCUT2D eigenvalue weighted by molar-refractivity contribution is 0.0165. The first-order valence-corrected chi connectivity index (χ1v) is 45.4. The van der Waals surface area contributed by atoms with Crippen molar-refractivity contribution in [1.29, 1.82) is 19.1 Å². The Morgan fingerprint density at radius 3 is 1.09 bits per heavy atom. The number of halogens is 2. The van der Waals surface area contributed by atoms with Gasteiger partial charge in [0.1, 0.15) is 56.6 Å². The van der Waals surface area contributed by atoms with Crippen LogP contribution in [-0.4, -0.2) is 120 Å². The summed E-state index contributed by atoms with van der Waals surface area (Å²) in [7, 11) is -9.53. The van der Waals surface area contributed by atoms with Crippen LogP contribution in [0, 0.1) is 36.7 Å². The van der Waals surface area contributed by atoms with E-state index in [0.29, 0.717) is 104 Å². The van der Waals surface area contributed by atoms with Gasteiger partial charge in [-0.1, -0.05) is 12.1 Å². The average molecular weight is 1660 g/mol. The van der Waals surface area contributed by atoms with Crippen molar-refractivity contribution in [2.75, 3.05) is 48.7 Å². The largest absolute Gasteiger partial charge is 0.474 e. The molecule has 4 unspecified atom stereocenters. The minimum atomic E-state index is -3.72. The van der Waals surface area contributed by atoms with Gasteiger partial charge in [-0.2, -0.15) is 20.4 Å². The monoisotopic (exact) mass is 1660 g/mol. The molecule has 32 nitrogen and oxygen atoms in total. The fourth-order valence-corrected chi connectivity index (χ4v) is 21.7. The molecule has 4 aromatic heterocycles. The summed E-state index contributed by atoms with van der Waals surface area (Å²) in [6, 6.07) is 1.88. The maximum atomic E-state index is 14.8. The fraction of sp³-hybridized carbons (Fsp3) is 0.481. The minimum absolute atomic E-state index is 0.00627. The topological polar surface area (TPSA) is 436 Å². The summed E-state index contributed by atoms with van der Waals surface area (Å²) in [5.74, 6) is 0.754. The van der Waals surface area contributed by atoms with Gasteiger partial charge in [0.05, 0.1) is 37.9 Å². The number of amides is 8. The number of fused-ring (bicyclic) bond motifs is 10. The molecule has 12 N–H and O–H groups in total. The Morgan fingerprint density at radius 2 is 0.748 bits per heavy atom. The molecule has 19 rings (SSSR count). The van der Waals surface area contributed by atoms with Gasteiger partial charge in [-0.25, -0.2) is 92.2 Å². The van der Waals surface area contributed by atoms with Crippen molar-refractivity contribution in [1.82, 2.24) is 58.0 Å². The molecule has 4 aromatic carbocycles. The molecule has 6 heterocycles. The van der Waals surface area contributed by atoms with Crippen LogP contribution in [0.3, 0.4) is 0 Å². The zero-order chi connectivity index (χ0) is 80.4. The van der Waals surface area contributed by atoms with Crippen molar-refractivity contribution in [3.63, 3.8) is 0 Å². The maximum Gasteiger partial charge on any atom is 0.331 e.